The Morgan fingerprint density at radius 2 is 1.50 bits per heavy atom. The highest BCUT2D eigenvalue weighted by Crippen LogP contribution is 2.28. The van der Waals surface area contributed by atoms with Crippen molar-refractivity contribution in [2.45, 2.75) is 45.6 Å². The van der Waals surface area contributed by atoms with Gasteiger partial charge in [-0.1, -0.05) is 0 Å². The average Bonchev–Trinajstić information content (AvgIpc) is 2.32. The van der Waals surface area contributed by atoms with Gasteiger partial charge >= 0.3 is 11.9 Å². The lowest BCUT2D eigenvalue weighted by molar-refractivity contribution is -0.155. The molecule has 0 aliphatic heterocycles. The molecule has 0 atom stereocenters. The first kappa shape index (κ1) is 16.6. The fourth-order valence-electron chi connectivity index (χ4n) is 1.96. The van der Waals surface area contributed by atoms with E-state index in [-0.39, 0.29) is 35.7 Å². The van der Waals surface area contributed by atoms with Crippen LogP contribution in [0.25, 0.3) is 0 Å². The molecule has 0 spiro atoms. The molecule has 0 aromatic rings. The number of carbonyl (C=O) groups is 3. The van der Waals surface area contributed by atoms with Crippen LogP contribution in [-0.4, -0.2) is 42.1 Å². The molecule has 6 nitrogen and oxygen atoms in total. The number of hydrogen-bond donors (Lipinski definition) is 1. The molecule has 0 amide bonds. The van der Waals surface area contributed by atoms with Crippen molar-refractivity contribution in [3.05, 3.63) is 0 Å². The molecule has 20 heavy (non-hydrogen) atoms. The molecule has 0 saturated heterocycles. The first-order valence-corrected chi connectivity index (χ1v) is 7.00. The summed E-state index contributed by atoms with van der Waals surface area (Å²) in [4.78, 5) is 32.0. The second kappa shape index (κ2) is 7.99. The number of aliphatic hydroxyl groups excluding tert-OH is 1. The van der Waals surface area contributed by atoms with Crippen molar-refractivity contribution >= 4 is 17.7 Å². The molecule has 2 aliphatic carbocycles. The minimum absolute atomic E-state index is 0.0325. The third-order valence-corrected chi connectivity index (χ3v) is 3.30. The van der Waals surface area contributed by atoms with E-state index in [9.17, 15) is 14.4 Å². The molecular formula is C14H22O6. The van der Waals surface area contributed by atoms with Gasteiger partial charge in [0.25, 0.3) is 0 Å². The maximum Gasteiger partial charge on any atom is 0.309 e. The van der Waals surface area contributed by atoms with Crippen LogP contribution in [0.1, 0.15) is 39.5 Å². The first-order chi connectivity index (χ1) is 9.47. The van der Waals surface area contributed by atoms with Crippen LogP contribution in [0, 0.1) is 11.8 Å². The summed E-state index contributed by atoms with van der Waals surface area (Å²) in [5, 5.41) is 8.83. The van der Waals surface area contributed by atoms with Gasteiger partial charge in [0.1, 0.15) is 5.78 Å². The van der Waals surface area contributed by atoms with E-state index in [4.69, 9.17) is 14.6 Å². The summed E-state index contributed by atoms with van der Waals surface area (Å²) in [6.45, 7) is 4.39. The summed E-state index contributed by atoms with van der Waals surface area (Å²) < 4.78 is 9.45. The van der Waals surface area contributed by atoms with Crippen molar-refractivity contribution in [3.8, 4) is 0 Å². The van der Waals surface area contributed by atoms with Gasteiger partial charge in [0.05, 0.1) is 31.2 Å². The second-order valence-corrected chi connectivity index (χ2v) is 4.97. The molecule has 0 unspecified atom stereocenters. The molecule has 0 aromatic heterocycles. The van der Waals surface area contributed by atoms with Gasteiger partial charge in [0.2, 0.25) is 0 Å². The molecular weight excluding hydrogens is 264 g/mol. The number of ketones is 1. The third kappa shape index (κ3) is 4.92. The predicted molar refractivity (Wildman–Crippen MR) is 69.7 cm³/mol. The highest BCUT2D eigenvalue weighted by atomic mass is 16.5. The zero-order valence-electron chi connectivity index (χ0n) is 12.0. The van der Waals surface area contributed by atoms with Crippen LogP contribution in [-0.2, 0) is 23.9 Å². The maximum absolute atomic E-state index is 10.8. The lowest BCUT2D eigenvalue weighted by atomic mass is 9.83. The van der Waals surface area contributed by atoms with Gasteiger partial charge < -0.3 is 14.6 Å². The van der Waals surface area contributed by atoms with Gasteiger partial charge in [-0.25, -0.2) is 0 Å². The van der Waals surface area contributed by atoms with Crippen molar-refractivity contribution in [1.82, 2.24) is 0 Å². The minimum atomic E-state index is -0.269. The van der Waals surface area contributed by atoms with E-state index in [1.54, 1.807) is 13.8 Å². The second-order valence-electron chi connectivity index (χ2n) is 4.97. The van der Waals surface area contributed by atoms with Crippen molar-refractivity contribution in [2.24, 2.45) is 11.8 Å². The fourth-order valence-corrected chi connectivity index (χ4v) is 1.96. The Kier molecular flexibility index (Phi) is 6.64. The standard InChI is InChI=1S/C7H12O3.C7H10O3/c2*1-2-10-7(9)5-3-6(8)4-5/h5-6,8H,2-4H2,1H3;5H,2-4H2,1H3. The summed E-state index contributed by atoms with van der Waals surface area (Å²) >= 11 is 0. The van der Waals surface area contributed by atoms with Crippen LogP contribution < -0.4 is 0 Å². The number of ether oxygens (including phenoxy) is 2. The van der Waals surface area contributed by atoms with Crippen molar-refractivity contribution < 1.29 is 29.0 Å². The molecule has 2 aliphatic rings. The van der Waals surface area contributed by atoms with Gasteiger partial charge in [-0.2, -0.15) is 0 Å². The molecule has 0 heterocycles. The number of aliphatic hydroxyl groups is 1. The summed E-state index contributed by atoms with van der Waals surface area (Å²) in [7, 11) is 0. The molecule has 6 heteroatoms. The number of esters is 2. The van der Waals surface area contributed by atoms with E-state index in [1.165, 1.54) is 0 Å². The smallest absolute Gasteiger partial charge is 0.309 e. The molecule has 0 radical (unpaired) electrons. The Morgan fingerprint density at radius 3 is 1.85 bits per heavy atom. The van der Waals surface area contributed by atoms with Gasteiger partial charge in [0.15, 0.2) is 0 Å². The summed E-state index contributed by atoms with van der Waals surface area (Å²) in [5.74, 6) is -0.379. The van der Waals surface area contributed by atoms with Crippen LogP contribution in [0.4, 0.5) is 0 Å². The van der Waals surface area contributed by atoms with E-state index in [0.29, 0.717) is 38.9 Å². The van der Waals surface area contributed by atoms with Crippen LogP contribution >= 0.6 is 0 Å². The highest BCUT2D eigenvalue weighted by molar-refractivity contribution is 5.94. The number of Topliss-reactive ketones (excluding diaryl/α,β-unsaturated/α-hetero) is 1. The Morgan fingerprint density at radius 1 is 1.05 bits per heavy atom. The molecule has 114 valence electrons. The zero-order chi connectivity index (χ0) is 15.1. The van der Waals surface area contributed by atoms with Crippen molar-refractivity contribution in [3.63, 3.8) is 0 Å². The fraction of sp³-hybridized carbons (Fsp3) is 0.786. The minimum Gasteiger partial charge on any atom is -0.466 e. The number of hydrogen-bond acceptors (Lipinski definition) is 6. The van der Waals surface area contributed by atoms with Crippen LogP contribution in [0.5, 0.6) is 0 Å². The van der Waals surface area contributed by atoms with E-state index >= 15 is 0 Å². The quantitative estimate of drug-likeness (QED) is 0.771. The van der Waals surface area contributed by atoms with Gasteiger partial charge in [-0.05, 0) is 26.7 Å². The Hall–Kier alpha value is -1.43. The zero-order valence-corrected chi connectivity index (χ0v) is 12.0. The van der Waals surface area contributed by atoms with Gasteiger partial charge in [-0.3, -0.25) is 14.4 Å². The lowest BCUT2D eigenvalue weighted by Gasteiger charge is -2.28. The normalized spacial score (nSPS) is 24.6. The highest BCUT2D eigenvalue weighted by Gasteiger charge is 2.34. The maximum atomic E-state index is 10.8. The average molecular weight is 286 g/mol. The molecule has 0 aromatic carbocycles. The van der Waals surface area contributed by atoms with Crippen LogP contribution in [0.3, 0.4) is 0 Å². The van der Waals surface area contributed by atoms with Gasteiger partial charge in [0, 0.05) is 12.8 Å². The Labute approximate surface area is 118 Å². The number of rotatable bonds is 4. The molecule has 2 saturated carbocycles. The predicted octanol–water partition coefficient (Wildman–Crippen LogP) is 0.849. The van der Waals surface area contributed by atoms with E-state index < -0.39 is 0 Å². The van der Waals surface area contributed by atoms with E-state index in [2.05, 4.69) is 0 Å². The first-order valence-electron chi connectivity index (χ1n) is 7.00. The molecule has 2 rings (SSSR count). The molecule has 2 fully saturated rings. The van der Waals surface area contributed by atoms with Crippen LogP contribution in [0.2, 0.25) is 0 Å². The van der Waals surface area contributed by atoms with E-state index in [0.717, 1.165) is 0 Å². The largest absolute Gasteiger partial charge is 0.466 e. The van der Waals surface area contributed by atoms with Gasteiger partial charge in [-0.15, -0.1) is 0 Å². The topological polar surface area (TPSA) is 89.9 Å². The van der Waals surface area contributed by atoms with Crippen molar-refractivity contribution in [1.29, 1.82) is 0 Å². The van der Waals surface area contributed by atoms with E-state index in [1.807, 2.05) is 0 Å². The van der Waals surface area contributed by atoms with Crippen molar-refractivity contribution in [2.75, 3.05) is 13.2 Å². The molecule has 0 bridgehead atoms. The number of carbonyl (C=O) groups excluding carboxylic acids is 3. The SMILES string of the molecule is CCOC(=O)C1CC(=O)C1.CCOC(=O)C1CC(O)C1. The van der Waals surface area contributed by atoms with Crippen LogP contribution in [0.15, 0.2) is 0 Å². The summed E-state index contributed by atoms with van der Waals surface area (Å²) in [5.41, 5.74) is 0. The third-order valence-electron chi connectivity index (χ3n) is 3.30. The molecule has 1 N–H and O–H groups in total. The Balaban J connectivity index is 0.000000200. The lowest BCUT2D eigenvalue weighted by Crippen LogP contribution is -2.35. The summed E-state index contributed by atoms with van der Waals surface area (Å²) in [6.07, 6.45) is 1.67. The summed E-state index contributed by atoms with van der Waals surface area (Å²) in [6, 6.07) is 0. The monoisotopic (exact) mass is 286 g/mol. The Bertz CT molecular complexity index is 351.